The highest BCUT2D eigenvalue weighted by molar-refractivity contribution is 6.05. The van der Waals surface area contributed by atoms with Gasteiger partial charge < -0.3 is 11.1 Å². The number of pyridine rings is 2. The zero-order chi connectivity index (χ0) is 12.3. The first-order chi connectivity index (χ1) is 8.16. The van der Waals surface area contributed by atoms with Crippen LogP contribution >= 0.6 is 0 Å². The van der Waals surface area contributed by atoms with Crippen LogP contribution in [-0.4, -0.2) is 15.9 Å². The lowest BCUT2D eigenvalue weighted by Crippen LogP contribution is -2.16. The molecule has 5 heteroatoms. The monoisotopic (exact) mass is 228 g/mol. The Kier molecular flexibility index (Phi) is 3.00. The van der Waals surface area contributed by atoms with Gasteiger partial charge in [0.15, 0.2) is 5.69 Å². The Morgan fingerprint density at radius 1 is 1.29 bits per heavy atom. The van der Waals surface area contributed by atoms with Gasteiger partial charge in [0.25, 0.3) is 5.91 Å². The van der Waals surface area contributed by atoms with Crippen molar-refractivity contribution in [2.24, 2.45) is 0 Å². The fourth-order valence-electron chi connectivity index (χ4n) is 1.32. The molecule has 0 radical (unpaired) electrons. The number of amides is 1. The van der Waals surface area contributed by atoms with Crippen molar-refractivity contribution in [2.75, 3.05) is 11.1 Å². The lowest BCUT2D eigenvalue weighted by atomic mass is 10.3. The second-order valence-corrected chi connectivity index (χ2v) is 3.62. The van der Waals surface area contributed by atoms with Crippen LogP contribution in [0.15, 0.2) is 36.7 Å². The molecule has 0 atom stereocenters. The Morgan fingerprint density at radius 2 is 2.12 bits per heavy atom. The minimum Gasteiger partial charge on any atom is -0.397 e. The van der Waals surface area contributed by atoms with Crippen LogP contribution in [0.2, 0.25) is 0 Å². The lowest BCUT2D eigenvalue weighted by Gasteiger charge is -2.05. The molecule has 0 aliphatic heterocycles. The molecule has 3 N–H and O–H groups in total. The summed E-state index contributed by atoms with van der Waals surface area (Å²) in [6.07, 6.45) is 3.20. The normalized spacial score (nSPS) is 9.94. The molecule has 0 bridgehead atoms. The minimum absolute atomic E-state index is 0.204. The molecule has 0 aliphatic rings. The van der Waals surface area contributed by atoms with Crippen molar-refractivity contribution in [3.05, 3.63) is 47.9 Å². The number of carbonyl (C=O) groups is 1. The number of nitrogens with one attached hydrogen (secondary N) is 1. The molecule has 0 fully saturated rings. The summed E-state index contributed by atoms with van der Waals surface area (Å²) in [5.74, 6) is 0.116. The van der Waals surface area contributed by atoms with Gasteiger partial charge in [-0.25, -0.2) is 9.97 Å². The molecule has 86 valence electrons. The highest BCUT2D eigenvalue weighted by Gasteiger charge is 2.11. The lowest BCUT2D eigenvalue weighted by molar-refractivity contribution is 0.102. The van der Waals surface area contributed by atoms with Crippen LogP contribution in [0.5, 0.6) is 0 Å². The van der Waals surface area contributed by atoms with Crippen LogP contribution in [0.25, 0.3) is 0 Å². The predicted octanol–water partition coefficient (Wildman–Crippen LogP) is 1.62. The number of carbonyl (C=O) groups excluding carboxylic acids is 1. The fraction of sp³-hybridized carbons (Fsp3) is 0.0833. The molecule has 2 aromatic heterocycles. The molecular formula is C12H12N4O. The maximum Gasteiger partial charge on any atom is 0.277 e. The van der Waals surface area contributed by atoms with Gasteiger partial charge in [0, 0.05) is 12.4 Å². The average molecular weight is 228 g/mol. The third kappa shape index (κ3) is 2.57. The summed E-state index contributed by atoms with van der Waals surface area (Å²) in [6.45, 7) is 1.93. The molecule has 0 spiro atoms. The van der Waals surface area contributed by atoms with Gasteiger partial charge in [-0.2, -0.15) is 0 Å². The van der Waals surface area contributed by atoms with Crippen LogP contribution in [-0.2, 0) is 0 Å². The molecule has 17 heavy (non-hydrogen) atoms. The van der Waals surface area contributed by atoms with E-state index in [1.807, 2.05) is 13.0 Å². The molecular weight excluding hydrogens is 216 g/mol. The van der Waals surface area contributed by atoms with Crippen molar-refractivity contribution >= 4 is 17.4 Å². The van der Waals surface area contributed by atoms with E-state index in [-0.39, 0.29) is 11.6 Å². The number of nitrogen functional groups attached to an aromatic ring is 1. The first-order valence-electron chi connectivity index (χ1n) is 5.11. The number of anilines is 2. The van der Waals surface area contributed by atoms with E-state index in [1.54, 1.807) is 24.4 Å². The third-order valence-corrected chi connectivity index (χ3v) is 2.21. The van der Waals surface area contributed by atoms with Gasteiger partial charge in [-0.3, -0.25) is 4.79 Å². The van der Waals surface area contributed by atoms with Gasteiger partial charge in [-0.1, -0.05) is 6.07 Å². The second kappa shape index (κ2) is 4.61. The van der Waals surface area contributed by atoms with Gasteiger partial charge in [-0.05, 0) is 30.7 Å². The molecule has 1 amide bonds. The van der Waals surface area contributed by atoms with Crippen molar-refractivity contribution in [1.82, 2.24) is 9.97 Å². The SMILES string of the molecule is Cc1ccc(NC(=O)c2ncccc2N)nc1. The van der Waals surface area contributed by atoms with Gasteiger partial charge in [-0.15, -0.1) is 0 Å². The number of nitrogens with zero attached hydrogens (tertiary/aromatic N) is 2. The molecule has 0 saturated carbocycles. The minimum atomic E-state index is -0.362. The van der Waals surface area contributed by atoms with E-state index in [9.17, 15) is 4.79 Å². The Labute approximate surface area is 98.7 Å². The Morgan fingerprint density at radius 3 is 2.76 bits per heavy atom. The third-order valence-electron chi connectivity index (χ3n) is 2.21. The summed E-state index contributed by atoms with van der Waals surface area (Å²) < 4.78 is 0. The number of hydrogen-bond donors (Lipinski definition) is 2. The van der Waals surface area contributed by atoms with E-state index >= 15 is 0 Å². The van der Waals surface area contributed by atoms with Crippen molar-refractivity contribution in [1.29, 1.82) is 0 Å². The molecule has 0 aromatic carbocycles. The van der Waals surface area contributed by atoms with Gasteiger partial charge in [0.2, 0.25) is 0 Å². The Hall–Kier alpha value is -2.43. The quantitative estimate of drug-likeness (QED) is 0.818. The highest BCUT2D eigenvalue weighted by Crippen LogP contribution is 2.10. The van der Waals surface area contributed by atoms with E-state index in [4.69, 9.17) is 5.73 Å². The van der Waals surface area contributed by atoms with Crippen molar-refractivity contribution in [3.8, 4) is 0 Å². The molecule has 0 unspecified atom stereocenters. The zero-order valence-electron chi connectivity index (χ0n) is 9.34. The van der Waals surface area contributed by atoms with E-state index in [0.29, 0.717) is 11.5 Å². The highest BCUT2D eigenvalue weighted by atomic mass is 16.1. The van der Waals surface area contributed by atoms with Crippen molar-refractivity contribution in [2.45, 2.75) is 6.92 Å². The number of hydrogen-bond acceptors (Lipinski definition) is 4. The summed E-state index contributed by atoms with van der Waals surface area (Å²) in [5.41, 5.74) is 7.23. The Balaban J connectivity index is 2.17. The first-order valence-corrected chi connectivity index (χ1v) is 5.11. The summed E-state index contributed by atoms with van der Waals surface area (Å²) in [6, 6.07) is 6.90. The molecule has 2 aromatic rings. The number of rotatable bonds is 2. The number of nitrogens with two attached hydrogens (primary N) is 1. The smallest absolute Gasteiger partial charge is 0.277 e. The van der Waals surface area contributed by atoms with E-state index in [1.165, 1.54) is 6.20 Å². The molecule has 0 aliphatic carbocycles. The van der Waals surface area contributed by atoms with Crippen molar-refractivity contribution in [3.63, 3.8) is 0 Å². The van der Waals surface area contributed by atoms with Gasteiger partial charge in [0.05, 0.1) is 5.69 Å². The summed E-state index contributed by atoms with van der Waals surface area (Å²) in [7, 11) is 0. The van der Waals surface area contributed by atoms with E-state index in [2.05, 4.69) is 15.3 Å². The zero-order valence-corrected chi connectivity index (χ0v) is 9.34. The standard InChI is InChI=1S/C12H12N4O/c1-8-4-5-10(15-7-8)16-12(17)11-9(13)3-2-6-14-11/h2-7H,13H2,1H3,(H,15,16,17). The van der Waals surface area contributed by atoms with Crippen LogP contribution < -0.4 is 11.1 Å². The van der Waals surface area contributed by atoms with Crippen LogP contribution in [0.3, 0.4) is 0 Å². The predicted molar refractivity (Wildman–Crippen MR) is 65.6 cm³/mol. The molecule has 2 heterocycles. The molecule has 5 nitrogen and oxygen atoms in total. The number of aromatic nitrogens is 2. The topological polar surface area (TPSA) is 80.9 Å². The van der Waals surface area contributed by atoms with Gasteiger partial charge >= 0.3 is 0 Å². The van der Waals surface area contributed by atoms with Crippen LogP contribution in [0.4, 0.5) is 11.5 Å². The average Bonchev–Trinajstić information content (AvgIpc) is 2.32. The fourth-order valence-corrected chi connectivity index (χ4v) is 1.32. The van der Waals surface area contributed by atoms with Crippen LogP contribution in [0, 0.1) is 6.92 Å². The summed E-state index contributed by atoms with van der Waals surface area (Å²) in [5, 5.41) is 2.63. The Bertz CT molecular complexity index is 536. The first kappa shape index (κ1) is 11.1. The second-order valence-electron chi connectivity index (χ2n) is 3.62. The molecule has 2 rings (SSSR count). The summed E-state index contributed by atoms with van der Waals surface area (Å²) >= 11 is 0. The molecule has 0 saturated heterocycles. The number of aryl methyl sites for hydroxylation is 1. The maximum atomic E-state index is 11.8. The largest absolute Gasteiger partial charge is 0.397 e. The van der Waals surface area contributed by atoms with E-state index in [0.717, 1.165) is 5.56 Å². The summed E-state index contributed by atoms with van der Waals surface area (Å²) in [4.78, 5) is 19.8. The van der Waals surface area contributed by atoms with Gasteiger partial charge in [0.1, 0.15) is 5.82 Å². The van der Waals surface area contributed by atoms with Crippen molar-refractivity contribution < 1.29 is 4.79 Å². The maximum absolute atomic E-state index is 11.8. The van der Waals surface area contributed by atoms with Crippen LogP contribution in [0.1, 0.15) is 16.1 Å². The van der Waals surface area contributed by atoms with E-state index < -0.39 is 0 Å².